The Bertz CT molecular complexity index is 1010. The zero-order valence-corrected chi connectivity index (χ0v) is 15.6. The molecule has 0 amide bonds. The first kappa shape index (κ1) is 18.0. The number of nitrogens with zero attached hydrogens (tertiary/aromatic N) is 2. The van der Waals surface area contributed by atoms with Gasteiger partial charge in [-0.25, -0.2) is 9.18 Å². The number of carboxylic acids is 1. The quantitative estimate of drug-likeness (QED) is 0.864. The van der Waals surface area contributed by atoms with Crippen LogP contribution in [0.3, 0.4) is 0 Å². The van der Waals surface area contributed by atoms with Gasteiger partial charge in [0.2, 0.25) is 0 Å². The van der Waals surface area contributed by atoms with Gasteiger partial charge in [0.1, 0.15) is 5.56 Å². The third-order valence-corrected chi connectivity index (χ3v) is 5.73. The number of halogens is 1. The summed E-state index contributed by atoms with van der Waals surface area (Å²) in [5.74, 6) is -1.59. The van der Waals surface area contributed by atoms with Gasteiger partial charge in [-0.05, 0) is 62.6 Å². The molecule has 27 heavy (non-hydrogen) atoms. The van der Waals surface area contributed by atoms with Crippen molar-refractivity contribution < 1.29 is 14.3 Å². The second-order valence-corrected chi connectivity index (χ2v) is 8.25. The molecule has 1 saturated carbocycles. The minimum absolute atomic E-state index is 0.219. The smallest absolute Gasteiger partial charge is 0.341 e. The monoisotopic (exact) mass is 373 g/mol. The van der Waals surface area contributed by atoms with Gasteiger partial charge in [0, 0.05) is 18.6 Å². The molecular formula is C20H24FN3O3. The van der Waals surface area contributed by atoms with Crippen molar-refractivity contribution in [1.82, 2.24) is 4.40 Å². The zero-order valence-electron chi connectivity index (χ0n) is 15.6. The molecule has 1 saturated heterocycles. The van der Waals surface area contributed by atoms with Gasteiger partial charge in [0.25, 0.3) is 5.56 Å². The van der Waals surface area contributed by atoms with E-state index in [0.29, 0.717) is 29.9 Å². The first-order valence-corrected chi connectivity index (χ1v) is 9.35. The van der Waals surface area contributed by atoms with Crippen LogP contribution in [0.2, 0.25) is 0 Å². The number of carboxylic acid groups (broad SMARTS) is 1. The van der Waals surface area contributed by atoms with E-state index in [4.69, 9.17) is 5.73 Å². The van der Waals surface area contributed by atoms with Gasteiger partial charge >= 0.3 is 5.97 Å². The number of piperidine rings is 1. The molecule has 0 spiro atoms. The molecule has 3 N–H and O–H groups in total. The summed E-state index contributed by atoms with van der Waals surface area (Å²) in [6.45, 7) is 5.02. The van der Waals surface area contributed by atoms with Crippen molar-refractivity contribution >= 4 is 17.2 Å². The molecule has 2 aliphatic rings. The molecule has 0 bridgehead atoms. The normalized spacial score (nSPS) is 23.0. The number of fused-ring (bicyclic) bond motifs is 1. The van der Waals surface area contributed by atoms with Crippen molar-refractivity contribution in [3.63, 3.8) is 0 Å². The van der Waals surface area contributed by atoms with Crippen molar-refractivity contribution in [3.8, 4) is 0 Å². The van der Waals surface area contributed by atoms with Crippen LogP contribution in [0.15, 0.2) is 17.1 Å². The van der Waals surface area contributed by atoms with Crippen molar-refractivity contribution in [2.75, 3.05) is 18.0 Å². The summed E-state index contributed by atoms with van der Waals surface area (Å²) in [6.07, 6.45) is 4.79. The Labute approximate surface area is 156 Å². The lowest BCUT2D eigenvalue weighted by Gasteiger charge is -2.40. The molecule has 7 heteroatoms. The van der Waals surface area contributed by atoms with Crippen LogP contribution in [0.1, 0.15) is 60.0 Å². The standard InChI is InChI=1S/C20H24FN3O3/c1-11-16-13(12-4-5-12)8-14(19(26)27)18(25)24(16)9-15(21)17(11)23-7-3-6-20(2,22)10-23/h8-9,12H,3-7,10,22H2,1-2H3,(H,26,27). The van der Waals surface area contributed by atoms with Crippen molar-refractivity contribution in [3.05, 3.63) is 45.1 Å². The van der Waals surface area contributed by atoms with Crippen molar-refractivity contribution in [1.29, 1.82) is 0 Å². The number of aromatic carboxylic acids is 1. The van der Waals surface area contributed by atoms with Crippen LogP contribution in [-0.4, -0.2) is 34.1 Å². The van der Waals surface area contributed by atoms with Crippen LogP contribution >= 0.6 is 0 Å². The topological polar surface area (TPSA) is 88.0 Å². The molecule has 1 unspecified atom stereocenters. The highest BCUT2D eigenvalue weighted by atomic mass is 19.1. The molecular weight excluding hydrogens is 349 g/mol. The summed E-state index contributed by atoms with van der Waals surface area (Å²) in [5, 5.41) is 9.38. The summed E-state index contributed by atoms with van der Waals surface area (Å²) >= 11 is 0. The maximum Gasteiger partial charge on any atom is 0.341 e. The molecule has 2 fully saturated rings. The molecule has 1 atom stereocenters. The molecule has 6 nitrogen and oxygen atoms in total. The predicted molar refractivity (Wildman–Crippen MR) is 101 cm³/mol. The highest BCUT2D eigenvalue weighted by Gasteiger charge is 2.33. The van der Waals surface area contributed by atoms with E-state index in [0.717, 1.165) is 37.4 Å². The third kappa shape index (κ3) is 3.00. The molecule has 144 valence electrons. The lowest BCUT2D eigenvalue weighted by atomic mass is 9.91. The minimum Gasteiger partial charge on any atom is -0.477 e. The fourth-order valence-electron chi connectivity index (χ4n) is 4.35. The fraction of sp³-hybridized carbons (Fsp3) is 0.500. The van der Waals surface area contributed by atoms with E-state index in [1.54, 1.807) is 0 Å². The molecule has 0 aromatic carbocycles. The summed E-state index contributed by atoms with van der Waals surface area (Å²) in [5.41, 5.74) is 7.49. The Morgan fingerprint density at radius 3 is 2.70 bits per heavy atom. The minimum atomic E-state index is -1.28. The molecule has 1 aliphatic heterocycles. The van der Waals surface area contributed by atoms with E-state index in [-0.39, 0.29) is 11.5 Å². The zero-order chi connectivity index (χ0) is 19.5. The highest BCUT2D eigenvalue weighted by molar-refractivity contribution is 5.89. The number of rotatable bonds is 3. The van der Waals surface area contributed by atoms with Gasteiger partial charge in [-0.3, -0.25) is 9.20 Å². The first-order valence-electron chi connectivity index (χ1n) is 9.35. The number of hydrogen-bond donors (Lipinski definition) is 2. The summed E-state index contributed by atoms with van der Waals surface area (Å²) in [7, 11) is 0. The number of aromatic nitrogens is 1. The van der Waals surface area contributed by atoms with E-state index in [2.05, 4.69) is 0 Å². The molecule has 4 rings (SSSR count). The average Bonchev–Trinajstić information content (AvgIpc) is 3.39. The number of nitrogens with two attached hydrogens (primary N) is 1. The average molecular weight is 373 g/mol. The first-order chi connectivity index (χ1) is 12.7. The number of aryl methyl sites for hydroxylation is 1. The van der Waals surface area contributed by atoms with Crippen LogP contribution < -0.4 is 16.2 Å². The van der Waals surface area contributed by atoms with Crippen molar-refractivity contribution in [2.45, 2.75) is 51.0 Å². The highest BCUT2D eigenvalue weighted by Crippen LogP contribution is 2.44. The van der Waals surface area contributed by atoms with Gasteiger partial charge in [-0.1, -0.05) is 0 Å². The summed E-state index contributed by atoms with van der Waals surface area (Å²) < 4.78 is 16.3. The number of anilines is 1. The van der Waals surface area contributed by atoms with E-state index < -0.39 is 22.9 Å². The van der Waals surface area contributed by atoms with Gasteiger partial charge in [0.05, 0.1) is 17.4 Å². The van der Waals surface area contributed by atoms with E-state index in [1.165, 1.54) is 10.5 Å². The molecule has 2 aromatic heterocycles. The van der Waals surface area contributed by atoms with Crippen LogP contribution in [0.5, 0.6) is 0 Å². The third-order valence-electron chi connectivity index (χ3n) is 5.73. The summed E-state index contributed by atoms with van der Waals surface area (Å²) in [6, 6.07) is 1.48. The summed E-state index contributed by atoms with van der Waals surface area (Å²) in [4.78, 5) is 26.1. The van der Waals surface area contributed by atoms with Crippen molar-refractivity contribution in [2.24, 2.45) is 5.73 Å². The number of pyridine rings is 2. The Hall–Kier alpha value is -2.41. The van der Waals surface area contributed by atoms with Crippen LogP contribution in [0, 0.1) is 12.7 Å². The Balaban J connectivity index is 1.98. The maximum absolute atomic E-state index is 15.1. The Morgan fingerprint density at radius 1 is 1.41 bits per heavy atom. The second-order valence-electron chi connectivity index (χ2n) is 8.25. The van der Waals surface area contributed by atoms with Gasteiger partial charge in [-0.15, -0.1) is 0 Å². The lowest BCUT2D eigenvalue weighted by Crippen LogP contribution is -2.52. The Morgan fingerprint density at radius 2 is 2.11 bits per heavy atom. The predicted octanol–water partition coefficient (Wildman–Crippen LogP) is 2.64. The van der Waals surface area contributed by atoms with Crippen LogP contribution in [-0.2, 0) is 0 Å². The van der Waals surface area contributed by atoms with Gasteiger partial charge in [-0.2, -0.15) is 0 Å². The van der Waals surface area contributed by atoms with E-state index in [1.807, 2.05) is 18.7 Å². The molecule has 1 aliphatic carbocycles. The fourth-order valence-corrected chi connectivity index (χ4v) is 4.35. The van der Waals surface area contributed by atoms with Crippen LogP contribution in [0.4, 0.5) is 10.1 Å². The van der Waals surface area contributed by atoms with Gasteiger partial charge < -0.3 is 15.7 Å². The van der Waals surface area contributed by atoms with E-state index >= 15 is 4.39 Å². The second kappa shape index (κ2) is 6.05. The SMILES string of the molecule is Cc1c(N2CCCC(C)(N)C2)c(F)cn2c(=O)c(C(=O)O)cc(C3CC3)c12. The molecule has 0 radical (unpaired) electrons. The lowest BCUT2D eigenvalue weighted by molar-refractivity contribution is 0.0694. The maximum atomic E-state index is 15.1. The van der Waals surface area contributed by atoms with E-state index in [9.17, 15) is 14.7 Å². The number of hydrogen-bond acceptors (Lipinski definition) is 4. The Kier molecular flexibility index (Phi) is 4.03. The number of carbonyl (C=O) groups is 1. The van der Waals surface area contributed by atoms with Crippen LogP contribution in [0.25, 0.3) is 5.52 Å². The largest absolute Gasteiger partial charge is 0.477 e. The molecule has 3 heterocycles. The molecule has 2 aromatic rings. The van der Waals surface area contributed by atoms with Gasteiger partial charge in [0.15, 0.2) is 5.82 Å².